The summed E-state index contributed by atoms with van der Waals surface area (Å²) in [5.41, 5.74) is -0.512. The van der Waals surface area contributed by atoms with Gasteiger partial charge in [0, 0.05) is 26.2 Å². The second-order valence-corrected chi connectivity index (χ2v) is 5.41. The summed E-state index contributed by atoms with van der Waals surface area (Å²) < 4.78 is 5.20. The Bertz CT molecular complexity index is 214. The highest BCUT2D eigenvalue weighted by atomic mass is 16.5. The van der Waals surface area contributed by atoms with Crippen molar-refractivity contribution in [2.75, 3.05) is 39.9 Å². The van der Waals surface area contributed by atoms with E-state index in [-0.39, 0.29) is 0 Å². The van der Waals surface area contributed by atoms with Crippen molar-refractivity contribution in [1.29, 1.82) is 0 Å². The molecule has 0 spiro atoms. The summed E-state index contributed by atoms with van der Waals surface area (Å²) in [7, 11) is 1.74. The van der Waals surface area contributed by atoms with Crippen molar-refractivity contribution in [3.63, 3.8) is 0 Å². The summed E-state index contributed by atoms with van der Waals surface area (Å²) in [6.07, 6.45) is 3.98. The molecule has 0 atom stereocenters. The van der Waals surface area contributed by atoms with Gasteiger partial charge in [0.1, 0.15) is 0 Å². The first-order chi connectivity index (χ1) is 8.65. The first-order valence-corrected chi connectivity index (χ1v) is 7.31. The van der Waals surface area contributed by atoms with Crippen LogP contribution in [0.3, 0.4) is 0 Å². The highest BCUT2D eigenvalue weighted by molar-refractivity contribution is 4.88. The van der Waals surface area contributed by atoms with Gasteiger partial charge in [-0.15, -0.1) is 0 Å². The highest BCUT2D eigenvalue weighted by Crippen LogP contribution is 2.22. The van der Waals surface area contributed by atoms with Gasteiger partial charge in [-0.05, 0) is 38.8 Å². The molecule has 2 N–H and O–H groups in total. The van der Waals surface area contributed by atoms with Gasteiger partial charge in [-0.3, -0.25) is 4.90 Å². The van der Waals surface area contributed by atoms with E-state index in [9.17, 15) is 5.11 Å². The first-order valence-electron chi connectivity index (χ1n) is 7.31. The quantitative estimate of drug-likeness (QED) is 0.687. The molecule has 4 heteroatoms. The molecule has 0 unspecified atom stereocenters. The lowest BCUT2D eigenvalue weighted by Crippen LogP contribution is -2.52. The van der Waals surface area contributed by atoms with Crippen molar-refractivity contribution in [2.45, 2.75) is 51.2 Å². The fourth-order valence-electron chi connectivity index (χ4n) is 2.83. The van der Waals surface area contributed by atoms with Gasteiger partial charge >= 0.3 is 0 Å². The third-order valence-electron chi connectivity index (χ3n) is 4.07. The molecule has 1 aliphatic heterocycles. The van der Waals surface area contributed by atoms with Crippen LogP contribution in [0.4, 0.5) is 0 Å². The van der Waals surface area contributed by atoms with Crippen LogP contribution in [0.15, 0.2) is 0 Å². The van der Waals surface area contributed by atoms with E-state index in [4.69, 9.17) is 4.74 Å². The number of methoxy groups -OCH3 is 1. The summed E-state index contributed by atoms with van der Waals surface area (Å²) in [5.74, 6) is 0. The van der Waals surface area contributed by atoms with E-state index in [0.717, 1.165) is 58.5 Å². The number of hydrogen-bond acceptors (Lipinski definition) is 4. The first kappa shape index (κ1) is 15.9. The molecule has 0 radical (unpaired) electrons. The lowest BCUT2D eigenvalue weighted by Gasteiger charge is -2.40. The zero-order chi connectivity index (χ0) is 13.4. The zero-order valence-corrected chi connectivity index (χ0v) is 12.2. The number of ether oxygens (including phenoxy) is 1. The largest absolute Gasteiger partial charge is 0.388 e. The lowest BCUT2D eigenvalue weighted by atomic mass is 9.91. The summed E-state index contributed by atoms with van der Waals surface area (Å²) in [4.78, 5) is 2.41. The maximum atomic E-state index is 10.7. The van der Waals surface area contributed by atoms with Gasteiger partial charge in [-0.1, -0.05) is 13.8 Å². The van der Waals surface area contributed by atoms with Crippen molar-refractivity contribution in [2.24, 2.45) is 0 Å². The van der Waals surface area contributed by atoms with Gasteiger partial charge in [0.15, 0.2) is 0 Å². The van der Waals surface area contributed by atoms with Crippen LogP contribution in [0.5, 0.6) is 0 Å². The van der Waals surface area contributed by atoms with E-state index in [1.165, 1.54) is 0 Å². The average Bonchev–Trinajstić information content (AvgIpc) is 2.37. The number of rotatable bonds is 8. The molecule has 1 fully saturated rings. The summed E-state index contributed by atoms with van der Waals surface area (Å²) in [5, 5.41) is 14.0. The Labute approximate surface area is 112 Å². The molecule has 1 saturated heterocycles. The van der Waals surface area contributed by atoms with Crippen LogP contribution in [0.25, 0.3) is 0 Å². The van der Waals surface area contributed by atoms with Gasteiger partial charge in [0.05, 0.1) is 12.2 Å². The lowest BCUT2D eigenvalue weighted by molar-refractivity contribution is -0.0366. The fourth-order valence-corrected chi connectivity index (χ4v) is 2.83. The molecule has 0 amide bonds. The summed E-state index contributed by atoms with van der Waals surface area (Å²) in [6.45, 7) is 8.74. The van der Waals surface area contributed by atoms with E-state index < -0.39 is 5.60 Å². The number of aliphatic hydroxyl groups is 1. The second kappa shape index (κ2) is 8.10. The Morgan fingerprint density at radius 3 is 2.39 bits per heavy atom. The second-order valence-electron chi connectivity index (χ2n) is 5.41. The minimum atomic E-state index is -0.512. The van der Waals surface area contributed by atoms with Gasteiger partial charge in [-0.2, -0.15) is 0 Å². The van der Waals surface area contributed by atoms with E-state index in [2.05, 4.69) is 24.1 Å². The number of nitrogens with zero attached hydrogens (tertiary/aromatic N) is 1. The monoisotopic (exact) mass is 258 g/mol. The van der Waals surface area contributed by atoms with Crippen LogP contribution in [-0.2, 0) is 4.74 Å². The van der Waals surface area contributed by atoms with E-state index >= 15 is 0 Å². The van der Waals surface area contributed by atoms with E-state index in [1.54, 1.807) is 7.11 Å². The molecule has 4 nitrogen and oxygen atoms in total. The maximum Gasteiger partial charge on any atom is 0.0798 e. The summed E-state index contributed by atoms with van der Waals surface area (Å²) in [6, 6.07) is 0.555. The smallest absolute Gasteiger partial charge is 0.0798 e. The highest BCUT2D eigenvalue weighted by Gasteiger charge is 2.32. The predicted octanol–water partition coefficient (Wildman–Crippen LogP) is 1.24. The summed E-state index contributed by atoms with van der Waals surface area (Å²) >= 11 is 0. The van der Waals surface area contributed by atoms with Gasteiger partial charge in [0.2, 0.25) is 0 Å². The van der Waals surface area contributed by atoms with Gasteiger partial charge in [-0.25, -0.2) is 0 Å². The molecule has 0 bridgehead atoms. The molecule has 0 aromatic carbocycles. The molecule has 0 aliphatic carbocycles. The molecule has 0 saturated carbocycles. The number of hydrogen-bond donors (Lipinski definition) is 2. The normalized spacial score (nSPS) is 19.7. The van der Waals surface area contributed by atoms with Crippen molar-refractivity contribution < 1.29 is 9.84 Å². The molecular weight excluding hydrogens is 228 g/mol. The molecular formula is C14H30N2O2. The third-order valence-corrected chi connectivity index (χ3v) is 4.07. The Kier molecular flexibility index (Phi) is 7.15. The standard InChI is InChI=1S/C14H30N2O2/c1-4-13(5-2)16(10-11-18-3)12-14(17)6-8-15-9-7-14/h13,15,17H,4-12H2,1-3H3. The molecule has 1 aliphatic rings. The third kappa shape index (κ3) is 4.84. The number of nitrogens with one attached hydrogen (secondary N) is 1. The number of piperidine rings is 1. The minimum absolute atomic E-state index is 0.512. The Balaban J connectivity index is 2.57. The van der Waals surface area contributed by atoms with E-state index in [1.807, 2.05) is 0 Å². The van der Waals surface area contributed by atoms with Gasteiger partial charge < -0.3 is 15.2 Å². The Morgan fingerprint density at radius 2 is 1.89 bits per heavy atom. The molecule has 108 valence electrons. The topological polar surface area (TPSA) is 44.7 Å². The van der Waals surface area contributed by atoms with Crippen LogP contribution in [-0.4, -0.2) is 61.5 Å². The van der Waals surface area contributed by atoms with Crippen molar-refractivity contribution in [3.05, 3.63) is 0 Å². The van der Waals surface area contributed by atoms with Crippen LogP contribution >= 0.6 is 0 Å². The maximum absolute atomic E-state index is 10.7. The van der Waals surface area contributed by atoms with Crippen molar-refractivity contribution in [3.8, 4) is 0 Å². The SMILES string of the molecule is CCC(CC)N(CCOC)CC1(O)CCNCC1. The van der Waals surface area contributed by atoms with Crippen LogP contribution in [0.1, 0.15) is 39.5 Å². The van der Waals surface area contributed by atoms with Crippen molar-refractivity contribution >= 4 is 0 Å². The zero-order valence-electron chi connectivity index (χ0n) is 12.2. The molecule has 1 rings (SSSR count). The predicted molar refractivity (Wildman–Crippen MR) is 74.9 cm³/mol. The Morgan fingerprint density at radius 1 is 1.28 bits per heavy atom. The fraction of sp³-hybridized carbons (Fsp3) is 1.00. The minimum Gasteiger partial charge on any atom is -0.388 e. The molecule has 1 heterocycles. The van der Waals surface area contributed by atoms with Gasteiger partial charge in [0.25, 0.3) is 0 Å². The van der Waals surface area contributed by atoms with Crippen molar-refractivity contribution in [1.82, 2.24) is 10.2 Å². The molecule has 0 aromatic rings. The average molecular weight is 258 g/mol. The van der Waals surface area contributed by atoms with Crippen LogP contribution in [0.2, 0.25) is 0 Å². The van der Waals surface area contributed by atoms with E-state index in [0.29, 0.717) is 6.04 Å². The Hall–Kier alpha value is -0.160. The molecule has 18 heavy (non-hydrogen) atoms. The van der Waals surface area contributed by atoms with Crippen LogP contribution < -0.4 is 5.32 Å². The molecule has 0 aromatic heterocycles. The van der Waals surface area contributed by atoms with Crippen LogP contribution in [0, 0.1) is 0 Å².